The van der Waals surface area contributed by atoms with Gasteiger partial charge in [0.2, 0.25) is 0 Å². The molecule has 0 radical (unpaired) electrons. The van der Waals surface area contributed by atoms with E-state index < -0.39 is 23.8 Å². The molecular weight excluding hydrogens is 326 g/mol. The fraction of sp³-hybridized carbons (Fsp3) is 0. The number of benzene rings is 2. The molecule has 0 saturated carbocycles. The van der Waals surface area contributed by atoms with Crippen molar-refractivity contribution in [2.45, 2.75) is 0 Å². The van der Waals surface area contributed by atoms with E-state index in [0.717, 1.165) is 11.0 Å². The van der Waals surface area contributed by atoms with Gasteiger partial charge in [-0.25, -0.2) is 14.5 Å². The molecule has 2 N–H and O–H groups in total. The van der Waals surface area contributed by atoms with E-state index in [1.165, 1.54) is 36.4 Å². The molecule has 124 valence electrons. The zero-order valence-electron chi connectivity index (χ0n) is 12.7. The number of fused-ring (bicyclic) bond motifs is 1. The van der Waals surface area contributed by atoms with E-state index in [9.17, 15) is 19.2 Å². The van der Waals surface area contributed by atoms with E-state index in [1.54, 1.807) is 12.1 Å². The average molecular weight is 337 g/mol. The maximum Gasteiger partial charge on any atom is 0.335 e. The number of hydrogen-bond acceptors (Lipinski definition) is 4. The molecule has 0 spiro atoms. The molecule has 1 heterocycles. The lowest BCUT2D eigenvalue weighted by molar-refractivity contribution is -0.131. The zero-order chi connectivity index (χ0) is 18.1. The van der Waals surface area contributed by atoms with Crippen molar-refractivity contribution < 1.29 is 29.4 Å². The minimum Gasteiger partial charge on any atom is -0.478 e. The molecule has 1 aliphatic heterocycles. The molecule has 2 aromatic rings. The summed E-state index contributed by atoms with van der Waals surface area (Å²) in [5.41, 5.74) is 0.844. The predicted molar refractivity (Wildman–Crippen MR) is 87.7 cm³/mol. The molecule has 3 rings (SSSR count). The van der Waals surface area contributed by atoms with Crippen LogP contribution in [0.2, 0.25) is 0 Å². The molecular formula is C18H11NO6. The number of amides is 2. The van der Waals surface area contributed by atoms with Gasteiger partial charge in [-0.3, -0.25) is 9.59 Å². The molecule has 0 aromatic heterocycles. The minimum atomic E-state index is -1.19. The summed E-state index contributed by atoms with van der Waals surface area (Å²) in [5, 5.41) is 17.7. The molecule has 2 aromatic carbocycles. The molecule has 2 amide bonds. The number of carboxylic acid groups (broad SMARTS) is 2. The highest BCUT2D eigenvalue weighted by Gasteiger charge is 2.37. The number of anilines is 1. The Balaban J connectivity index is 2.01. The Kier molecular flexibility index (Phi) is 3.90. The van der Waals surface area contributed by atoms with Crippen LogP contribution in [0.25, 0.3) is 6.08 Å². The second-order valence-corrected chi connectivity index (χ2v) is 5.28. The van der Waals surface area contributed by atoms with Crippen molar-refractivity contribution in [1.29, 1.82) is 0 Å². The van der Waals surface area contributed by atoms with Gasteiger partial charge in [-0.1, -0.05) is 12.1 Å². The Bertz CT molecular complexity index is 960. The number of carboxylic acids is 2. The summed E-state index contributed by atoms with van der Waals surface area (Å²) in [6.45, 7) is 0. The van der Waals surface area contributed by atoms with Gasteiger partial charge in [-0.05, 0) is 42.0 Å². The highest BCUT2D eigenvalue weighted by atomic mass is 16.4. The van der Waals surface area contributed by atoms with Crippen molar-refractivity contribution in [3.05, 3.63) is 70.8 Å². The molecule has 0 unspecified atom stereocenters. The van der Waals surface area contributed by atoms with Crippen molar-refractivity contribution in [2.75, 3.05) is 4.90 Å². The number of nitrogens with zero attached hydrogens (tertiary/aromatic N) is 1. The first-order chi connectivity index (χ1) is 11.9. The van der Waals surface area contributed by atoms with E-state index in [2.05, 4.69) is 0 Å². The van der Waals surface area contributed by atoms with Gasteiger partial charge in [0.25, 0.3) is 11.8 Å². The number of rotatable bonds is 4. The first kappa shape index (κ1) is 16.1. The van der Waals surface area contributed by atoms with Gasteiger partial charge in [-0.15, -0.1) is 0 Å². The first-order valence-electron chi connectivity index (χ1n) is 7.15. The third-order valence-electron chi connectivity index (χ3n) is 3.68. The number of carbonyl (C=O) groups excluding carboxylic acids is 2. The van der Waals surface area contributed by atoms with Gasteiger partial charge in [0, 0.05) is 6.08 Å². The van der Waals surface area contributed by atoms with Gasteiger partial charge >= 0.3 is 11.9 Å². The third kappa shape index (κ3) is 2.90. The summed E-state index contributed by atoms with van der Waals surface area (Å²) >= 11 is 0. The van der Waals surface area contributed by atoms with Crippen molar-refractivity contribution in [1.82, 2.24) is 0 Å². The standard InChI is InChI=1S/C18H11NO6/c20-15(21)7-4-10-2-1-3-12(8-10)19-16(22)13-6-5-11(18(24)25)9-14(13)17(19)23/h1-9H,(H,20,21)(H,24,25)/b7-4+. The summed E-state index contributed by atoms with van der Waals surface area (Å²) in [5.74, 6) is -3.49. The molecule has 0 fully saturated rings. The van der Waals surface area contributed by atoms with Crippen LogP contribution in [-0.2, 0) is 4.79 Å². The lowest BCUT2D eigenvalue weighted by atomic mass is 10.1. The quantitative estimate of drug-likeness (QED) is 0.654. The van der Waals surface area contributed by atoms with E-state index in [0.29, 0.717) is 5.56 Å². The summed E-state index contributed by atoms with van der Waals surface area (Å²) < 4.78 is 0. The van der Waals surface area contributed by atoms with Crippen LogP contribution < -0.4 is 4.90 Å². The monoisotopic (exact) mass is 337 g/mol. The van der Waals surface area contributed by atoms with E-state index in [-0.39, 0.29) is 22.4 Å². The van der Waals surface area contributed by atoms with Crippen LogP contribution in [0, 0.1) is 0 Å². The number of hydrogen-bond donors (Lipinski definition) is 2. The summed E-state index contributed by atoms with van der Waals surface area (Å²) in [7, 11) is 0. The van der Waals surface area contributed by atoms with Crippen LogP contribution in [0.15, 0.2) is 48.5 Å². The highest BCUT2D eigenvalue weighted by molar-refractivity contribution is 6.34. The van der Waals surface area contributed by atoms with E-state index in [1.807, 2.05) is 0 Å². The SMILES string of the molecule is O=C(O)/C=C/c1cccc(N2C(=O)c3ccc(C(=O)O)cc3C2=O)c1. The molecule has 0 atom stereocenters. The van der Waals surface area contributed by atoms with Crippen LogP contribution in [-0.4, -0.2) is 34.0 Å². The Labute approximate surface area is 141 Å². The number of aliphatic carboxylic acids is 1. The summed E-state index contributed by atoms with van der Waals surface area (Å²) in [6.07, 6.45) is 2.28. The molecule has 0 bridgehead atoms. The normalized spacial score (nSPS) is 13.4. The number of carbonyl (C=O) groups is 4. The lowest BCUT2D eigenvalue weighted by Gasteiger charge is -2.14. The van der Waals surface area contributed by atoms with Crippen LogP contribution >= 0.6 is 0 Å². The zero-order valence-corrected chi connectivity index (χ0v) is 12.7. The largest absolute Gasteiger partial charge is 0.478 e. The topological polar surface area (TPSA) is 112 Å². The van der Waals surface area contributed by atoms with Gasteiger partial charge in [0.05, 0.1) is 22.4 Å². The van der Waals surface area contributed by atoms with Crippen molar-refractivity contribution in [3.8, 4) is 0 Å². The first-order valence-corrected chi connectivity index (χ1v) is 7.15. The molecule has 0 aliphatic carbocycles. The fourth-order valence-electron chi connectivity index (χ4n) is 2.54. The summed E-state index contributed by atoms with van der Waals surface area (Å²) in [6, 6.07) is 10.0. The van der Waals surface area contributed by atoms with E-state index in [4.69, 9.17) is 10.2 Å². The average Bonchev–Trinajstić information content (AvgIpc) is 2.84. The molecule has 7 heteroatoms. The molecule has 1 aliphatic rings. The highest BCUT2D eigenvalue weighted by Crippen LogP contribution is 2.29. The van der Waals surface area contributed by atoms with Crippen molar-refractivity contribution >= 4 is 35.5 Å². The Morgan fingerprint density at radius 3 is 2.32 bits per heavy atom. The number of aromatic carboxylic acids is 1. The number of imide groups is 1. The van der Waals surface area contributed by atoms with E-state index >= 15 is 0 Å². The second-order valence-electron chi connectivity index (χ2n) is 5.28. The van der Waals surface area contributed by atoms with Gasteiger partial charge in [-0.2, -0.15) is 0 Å². The second kappa shape index (κ2) is 6.04. The lowest BCUT2D eigenvalue weighted by Crippen LogP contribution is -2.29. The Morgan fingerprint density at radius 2 is 1.64 bits per heavy atom. The van der Waals surface area contributed by atoms with Crippen molar-refractivity contribution in [2.24, 2.45) is 0 Å². The molecule has 7 nitrogen and oxygen atoms in total. The fourth-order valence-corrected chi connectivity index (χ4v) is 2.54. The van der Waals surface area contributed by atoms with Crippen LogP contribution in [0.5, 0.6) is 0 Å². The smallest absolute Gasteiger partial charge is 0.335 e. The predicted octanol–water partition coefficient (Wildman–Crippen LogP) is 2.28. The maximum absolute atomic E-state index is 12.6. The van der Waals surface area contributed by atoms with Gasteiger partial charge < -0.3 is 10.2 Å². The maximum atomic E-state index is 12.6. The van der Waals surface area contributed by atoms with Crippen LogP contribution in [0.1, 0.15) is 36.6 Å². The van der Waals surface area contributed by atoms with Crippen LogP contribution in [0.3, 0.4) is 0 Å². The van der Waals surface area contributed by atoms with Gasteiger partial charge in [0.1, 0.15) is 0 Å². The Hall–Kier alpha value is -3.74. The third-order valence-corrected chi connectivity index (χ3v) is 3.68. The van der Waals surface area contributed by atoms with Crippen molar-refractivity contribution in [3.63, 3.8) is 0 Å². The minimum absolute atomic E-state index is 0.0244. The van der Waals surface area contributed by atoms with Crippen LogP contribution in [0.4, 0.5) is 5.69 Å². The summed E-state index contributed by atoms with van der Waals surface area (Å²) in [4.78, 5) is 47.7. The van der Waals surface area contributed by atoms with Gasteiger partial charge in [0.15, 0.2) is 0 Å². The molecule has 25 heavy (non-hydrogen) atoms. The molecule has 0 saturated heterocycles. The Morgan fingerprint density at radius 1 is 0.920 bits per heavy atom.